The van der Waals surface area contributed by atoms with Gasteiger partial charge in [-0.25, -0.2) is 0 Å². The second-order valence-corrected chi connectivity index (χ2v) is 3.25. The summed E-state index contributed by atoms with van der Waals surface area (Å²) < 4.78 is 0. The normalized spacial score (nSPS) is 16.8. The maximum atomic E-state index is 5.78. The van der Waals surface area contributed by atoms with Gasteiger partial charge in [-0.2, -0.15) is 5.01 Å². The lowest BCUT2D eigenvalue weighted by Gasteiger charge is -2.32. The van der Waals surface area contributed by atoms with Crippen LogP contribution >= 0.6 is 23.2 Å². The Morgan fingerprint density at radius 2 is 2.08 bits per heavy atom. The molecule has 0 aromatic heterocycles. The molecule has 74 valence electrons. The first-order valence-electron chi connectivity index (χ1n) is 4.10. The van der Waals surface area contributed by atoms with Crippen molar-refractivity contribution in [2.45, 2.75) is 13.8 Å². The van der Waals surface area contributed by atoms with E-state index in [4.69, 9.17) is 23.2 Å². The summed E-state index contributed by atoms with van der Waals surface area (Å²) in [4.78, 5) is 0. The first-order chi connectivity index (χ1) is 6.17. The monoisotopic (exact) mass is 222 g/mol. The minimum Gasteiger partial charge on any atom is -0.256 e. The molecule has 0 unspecified atom stereocenters. The van der Waals surface area contributed by atoms with Crippen LogP contribution in [0.15, 0.2) is 16.3 Å². The number of hydrogen-bond donors (Lipinski definition) is 1. The van der Waals surface area contributed by atoms with Crippen molar-refractivity contribution in [2.24, 2.45) is 5.10 Å². The summed E-state index contributed by atoms with van der Waals surface area (Å²) in [5, 5.41) is 8.38. The van der Waals surface area contributed by atoms with Gasteiger partial charge in [0.15, 0.2) is 5.17 Å². The van der Waals surface area contributed by atoms with E-state index in [1.165, 1.54) is 0 Å². The topological polar surface area (TPSA) is 30.9 Å². The molecule has 0 aliphatic carbocycles. The summed E-state index contributed by atoms with van der Waals surface area (Å²) in [6.07, 6.45) is 1.56. The summed E-state index contributed by atoms with van der Waals surface area (Å²) in [5.74, 6) is 0. The number of nitrogens with one attached hydrogen (secondary N) is 1. The molecule has 1 aliphatic rings. The van der Waals surface area contributed by atoms with Crippen LogP contribution in [-0.2, 0) is 0 Å². The predicted octanol–water partition coefficient (Wildman–Crippen LogP) is 1.70. The summed E-state index contributed by atoms with van der Waals surface area (Å²) in [5.41, 5.74) is 2.86. The van der Waals surface area contributed by atoms with Gasteiger partial charge in [0.25, 0.3) is 0 Å². The lowest BCUT2D eigenvalue weighted by atomic mass is 10.6. The molecule has 1 heterocycles. The van der Waals surface area contributed by atoms with E-state index in [0.717, 1.165) is 13.1 Å². The van der Waals surface area contributed by atoms with Gasteiger partial charge >= 0.3 is 0 Å². The first kappa shape index (κ1) is 10.6. The van der Waals surface area contributed by atoms with E-state index in [2.05, 4.69) is 10.5 Å². The predicted molar refractivity (Wildman–Crippen MR) is 55.1 cm³/mol. The lowest BCUT2D eigenvalue weighted by molar-refractivity contribution is -0.0501. The third-order valence-corrected chi connectivity index (χ3v) is 2.02. The van der Waals surface area contributed by atoms with Crippen LogP contribution in [0.2, 0.25) is 0 Å². The van der Waals surface area contributed by atoms with Crippen LogP contribution in [0.4, 0.5) is 0 Å². The van der Waals surface area contributed by atoms with Crippen molar-refractivity contribution in [1.82, 2.24) is 15.7 Å². The quantitative estimate of drug-likeness (QED) is 0.738. The zero-order chi connectivity index (χ0) is 9.84. The fraction of sp³-hybridized carbons (Fsp3) is 0.571. The second-order valence-electron chi connectivity index (χ2n) is 2.46. The van der Waals surface area contributed by atoms with Gasteiger partial charge in [-0.3, -0.25) is 5.43 Å². The highest BCUT2D eigenvalue weighted by Crippen LogP contribution is 2.10. The Morgan fingerprint density at radius 3 is 2.54 bits per heavy atom. The molecule has 1 aliphatic heterocycles. The Kier molecular flexibility index (Phi) is 3.84. The molecule has 0 aromatic rings. The Hall–Kier alpha value is -0.450. The van der Waals surface area contributed by atoms with Gasteiger partial charge in [0.05, 0.1) is 0 Å². The Balaban J connectivity index is 2.68. The Morgan fingerprint density at radius 1 is 1.46 bits per heavy atom. The standard InChI is InChI=1S/C7H12Cl2N4/c1-3-12(4-2)13-10-6(8)5-7(9)11-13/h5,10H,3-4H2,1-2H3. The Bertz CT molecular complexity index is 235. The summed E-state index contributed by atoms with van der Waals surface area (Å²) in [6.45, 7) is 5.73. The molecular weight excluding hydrogens is 211 g/mol. The van der Waals surface area contributed by atoms with E-state index in [1.807, 2.05) is 18.9 Å². The van der Waals surface area contributed by atoms with Crippen LogP contribution in [0.1, 0.15) is 13.8 Å². The zero-order valence-electron chi connectivity index (χ0n) is 7.59. The molecule has 0 saturated heterocycles. The lowest BCUT2D eigenvalue weighted by Crippen LogP contribution is -2.48. The molecule has 13 heavy (non-hydrogen) atoms. The fourth-order valence-corrected chi connectivity index (χ4v) is 1.42. The maximum absolute atomic E-state index is 5.78. The van der Waals surface area contributed by atoms with Crippen molar-refractivity contribution < 1.29 is 0 Å². The molecule has 0 bridgehead atoms. The largest absolute Gasteiger partial charge is 0.256 e. The zero-order valence-corrected chi connectivity index (χ0v) is 9.10. The van der Waals surface area contributed by atoms with E-state index < -0.39 is 0 Å². The number of allylic oxidation sites excluding steroid dienone is 1. The molecule has 0 radical (unpaired) electrons. The first-order valence-corrected chi connectivity index (χ1v) is 4.86. The maximum Gasteiger partial charge on any atom is 0.155 e. The molecule has 1 N–H and O–H groups in total. The number of hydrazine groups is 2. The minimum atomic E-state index is 0.371. The van der Waals surface area contributed by atoms with Crippen molar-refractivity contribution in [3.05, 3.63) is 11.2 Å². The average Bonchev–Trinajstić information content (AvgIpc) is 2.04. The fourth-order valence-electron chi connectivity index (χ4n) is 1.00. The van der Waals surface area contributed by atoms with Gasteiger partial charge in [-0.1, -0.05) is 37.0 Å². The summed E-state index contributed by atoms with van der Waals surface area (Å²) >= 11 is 11.5. The van der Waals surface area contributed by atoms with Crippen molar-refractivity contribution in [2.75, 3.05) is 13.1 Å². The molecule has 6 heteroatoms. The number of rotatable bonds is 3. The van der Waals surface area contributed by atoms with Crippen LogP contribution in [0.25, 0.3) is 0 Å². The molecule has 0 atom stereocenters. The van der Waals surface area contributed by atoms with Gasteiger partial charge < -0.3 is 0 Å². The molecule has 0 amide bonds. The highest BCUT2D eigenvalue weighted by atomic mass is 35.5. The van der Waals surface area contributed by atoms with E-state index in [1.54, 1.807) is 11.3 Å². The van der Waals surface area contributed by atoms with Crippen LogP contribution in [0, 0.1) is 0 Å². The highest BCUT2D eigenvalue weighted by Gasteiger charge is 2.14. The highest BCUT2D eigenvalue weighted by molar-refractivity contribution is 6.69. The van der Waals surface area contributed by atoms with Gasteiger partial charge in [-0.05, 0) is 0 Å². The van der Waals surface area contributed by atoms with Crippen molar-refractivity contribution in [3.63, 3.8) is 0 Å². The van der Waals surface area contributed by atoms with Gasteiger partial charge in [0.2, 0.25) is 0 Å². The van der Waals surface area contributed by atoms with Crippen molar-refractivity contribution >= 4 is 28.4 Å². The van der Waals surface area contributed by atoms with Crippen molar-refractivity contribution in [3.8, 4) is 0 Å². The molecular formula is C7H12Cl2N4. The van der Waals surface area contributed by atoms with E-state index in [0.29, 0.717) is 10.3 Å². The van der Waals surface area contributed by atoms with Crippen LogP contribution < -0.4 is 5.43 Å². The molecule has 0 saturated carbocycles. The van der Waals surface area contributed by atoms with Gasteiger partial charge in [0.1, 0.15) is 5.16 Å². The average molecular weight is 223 g/mol. The molecule has 0 fully saturated rings. The smallest absolute Gasteiger partial charge is 0.155 e. The second kappa shape index (κ2) is 4.69. The Labute approximate surface area is 87.7 Å². The molecule has 1 rings (SSSR count). The van der Waals surface area contributed by atoms with Crippen LogP contribution in [-0.4, -0.2) is 28.5 Å². The third kappa shape index (κ3) is 2.76. The van der Waals surface area contributed by atoms with E-state index >= 15 is 0 Å². The number of halogens is 2. The van der Waals surface area contributed by atoms with Gasteiger partial charge in [-0.15, -0.1) is 10.3 Å². The van der Waals surface area contributed by atoms with Gasteiger partial charge in [0, 0.05) is 19.2 Å². The minimum absolute atomic E-state index is 0.371. The molecule has 0 spiro atoms. The number of hydrogen-bond acceptors (Lipinski definition) is 4. The summed E-state index contributed by atoms with van der Waals surface area (Å²) in [7, 11) is 0. The van der Waals surface area contributed by atoms with Crippen molar-refractivity contribution in [1.29, 1.82) is 0 Å². The van der Waals surface area contributed by atoms with Crippen LogP contribution in [0.5, 0.6) is 0 Å². The number of hydrazone groups is 1. The van der Waals surface area contributed by atoms with E-state index in [-0.39, 0.29) is 0 Å². The third-order valence-electron chi connectivity index (χ3n) is 1.64. The molecule has 0 aromatic carbocycles. The molecule has 4 nitrogen and oxygen atoms in total. The number of nitrogens with zero attached hydrogens (tertiary/aromatic N) is 3. The van der Waals surface area contributed by atoms with Crippen LogP contribution in [0.3, 0.4) is 0 Å². The van der Waals surface area contributed by atoms with E-state index in [9.17, 15) is 0 Å². The SMILES string of the molecule is CCN(CC)N1N=C(Cl)C=C(Cl)N1. The summed E-state index contributed by atoms with van der Waals surface area (Å²) in [6, 6.07) is 0.